The fourth-order valence-corrected chi connectivity index (χ4v) is 2.50. The molecule has 2 aromatic heterocycles. The molecule has 0 N–H and O–H groups in total. The van der Waals surface area contributed by atoms with Crippen LogP contribution in [-0.4, -0.2) is 19.5 Å². The minimum atomic E-state index is -0.442. The summed E-state index contributed by atoms with van der Waals surface area (Å²) in [6, 6.07) is 0. The highest BCUT2D eigenvalue weighted by atomic mass is 127. The largest absolute Gasteiger partial charge is 0.292 e. The van der Waals surface area contributed by atoms with Crippen LogP contribution in [0.5, 0.6) is 0 Å². The third-order valence-electron chi connectivity index (χ3n) is 3.02. The van der Waals surface area contributed by atoms with Gasteiger partial charge in [-0.15, -0.1) is 0 Å². The van der Waals surface area contributed by atoms with E-state index in [1.807, 2.05) is 22.6 Å². The van der Waals surface area contributed by atoms with E-state index < -0.39 is 4.92 Å². The van der Waals surface area contributed by atoms with E-state index in [1.54, 1.807) is 13.8 Å². The summed E-state index contributed by atoms with van der Waals surface area (Å²) < 4.78 is 1.62. The molecule has 2 heterocycles. The molecule has 2 aromatic rings. The summed E-state index contributed by atoms with van der Waals surface area (Å²) in [5, 5.41) is 11.2. The van der Waals surface area contributed by atoms with Crippen LogP contribution in [0, 0.1) is 27.5 Å². The van der Waals surface area contributed by atoms with Crippen molar-refractivity contribution in [1.29, 1.82) is 0 Å². The highest BCUT2D eigenvalue weighted by Gasteiger charge is 2.19. The first kappa shape index (κ1) is 15.8. The maximum absolute atomic E-state index is 12.1. The van der Waals surface area contributed by atoms with Crippen LogP contribution < -0.4 is 5.56 Å². The van der Waals surface area contributed by atoms with Gasteiger partial charge in [-0.25, -0.2) is 4.98 Å². The summed E-state index contributed by atoms with van der Waals surface area (Å²) in [6.07, 6.45) is 2.74. The first-order valence-electron chi connectivity index (χ1n) is 5.82. The number of hydrogen-bond acceptors (Lipinski definition) is 5. The van der Waals surface area contributed by atoms with Gasteiger partial charge in [-0.3, -0.25) is 24.5 Å². The topological polar surface area (TPSA) is 90.9 Å². The van der Waals surface area contributed by atoms with Crippen molar-refractivity contribution < 1.29 is 4.92 Å². The van der Waals surface area contributed by atoms with Gasteiger partial charge >= 0.3 is 0 Å². The highest BCUT2D eigenvalue weighted by molar-refractivity contribution is 14.1. The lowest BCUT2D eigenvalue weighted by molar-refractivity contribution is -0.386. The van der Waals surface area contributed by atoms with Crippen molar-refractivity contribution in [2.75, 3.05) is 0 Å². The Balaban J connectivity index is 2.51. The Kier molecular flexibility index (Phi) is 4.57. The summed E-state index contributed by atoms with van der Waals surface area (Å²) in [5.41, 5.74) is 1.09. The van der Waals surface area contributed by atoms with E-state index in [9.17, 15) is 14.9 Å². The highest BCUT2D eigenvalue weighted by Crippen LogP contribution is 2.24. The van der Waals surface area contributed by atoms with Gasteiger partial charge in [0.15, 0.2) is 0 Å². The van der Waals surface area contributed by atoms with E-state index in [0.717, 1.165) is 0 Å². The van der Waals surface area contributed by atoms with Crippen LogP contribution in [0.3, 0.4) is 0 Å². The van der Waals surface area contributed by atoms with Gasteiger partial charge in [-0.2, -0.15) is 0 Å². The van der Waals surface area contributed by atoms with Gasteiger partial charge in [-0.1, -0.05) is 11.6 Å². The number of rotatable bonds is 3. The zero-order valence-corrected chi connectivity index (χ0v) is 14.0. The van der Waals surface area contributed by atoms with Crippen molar-refractivity contribution in [2.24, 2.45) is 0 Å². The quantitative estimate of drug-likeness (QED) is 0.329. The summed E-state index contributed by atoms with van der Waals surface area (Å²) in [4.78, 5) is 30.8. The Morgan fingerprint density at radius 3 is 2.71 bits per heavy atom. The molecule has 0 radical (unpaired) electrons. The molecular weight excluding hydrogens is 411 g/mol. The molecule has 7 nitrogen and oxygen atoms in total. The van der Waals surface area contributed by atoms with Gasteiger partial charge in [0, 0.05) is 11.8 Å². The average Bonchev–Trinajstić information content (AvgIpc) is 2.42. The van der Waals surface area contributed by atoms with E-state index in [-0.39, 0.29) is 22.9 Å². The van der Waals surface area contributed by atoms with Crippen LogP contribution in [0.4, 0.5) is 5.69 Å². The van der Waals surface area contributed by atoms with Crippen molar-refractivity contribution in [1.82, 2.24) is 14.5 Å². The Hall–Kier alpha value is -1.55. The Labute approximate surface area is 138 Å². The molecule has 2 rings (SSSR count). The maximum atomic E-state index is 12.1. The minimum Gasteiger partial charge on any atom is -0.292 e. The second-order valence-electron chi connectivity index (χ2n) is 4.40. The monoisotopic (exact) mass is 420 g/mol. The SMILES string of the molecule is Cc1cnc(Cn2cnc(Cl)c(I)c2=O)c(C)c1[N+](=O)[O-]. The summed E-state index contributed by atoms with van der Waals surface area (Å²) in [6.45, 7) is 3.35. The number of nitro groups is 1. The second-order valence-corrected chi connectivity index (χ2v) is 5.84. The van der Waals surface area contributed by atoms with Gasteiger partial charge in [0.1, 0.15) is 8.72 Å². The van der Waals surface area contributed by atoms with Gasteiger partial charge < -0.3 is 0 Å². The molecular formula is C12H10ClIN4O3. The zero-order chi connectivity index (χ0) is 15.7. The van der Waals surface area contributed by atoms with E-state index >= 15 is 0 Å². The molecule has 21 heavy (non-hydrogen) atoms. The normalized spacial score (nSPS) is 10.7. The number of pyridine rings is 1. The molecule has 0 saturated heterocycles. The fraction of sp³-hybridized carbons (Fsp3) is 0.250. The molecule has 0 unspecified atom stereocenters. The van der Waals surface area contributed by atoms with Gasteiger partial charge in [-0.05, 0) is 36.4 Å². The van der Waals surface area contributed by atoms with Crippen molar-refractivity contribution in [3.63, 3.8) is 0 Å². The van der Waals surface area contributed by atoms with Crippen LogP contribution in [-0.2, 0) is 6.54 Å². The van der Waals surface area contributed by atoms with Crippen LogP contribution in [0.15, 0.2) is 17.3 Å². The predicted octanol–water partition coefficient (Wildman–Crippen LogP) is 2.47. The van der Waals surface area contributed by atoms with Crippen LogP contribution in [0.2, 0.25) is 5.15 Å². The van der Waals surface area contributed by atoms with Crippen molar-refractivity contribution in [3.05, 3.63) is 58.5 Å². The van der Waals surface area contributed by atoms with E-state index in [4.69, 9.17) is 11.6 Å². The summed E-state index contributed by atoms with van der Waals surface area (Å²) in [5.74, 6) is 0. The number of aryl methyl sites for hydroxylation is 1. The van der Waals surface area contributed by atoms with Gasteiger partial charge in [0.2, 0.25) is 0 Å². The fourth-order valence-electron chi connectivity index (χ4n) is 1.92. The lowest BCUT2D eigenvalue weighted by atomic mass is 10.1. The molecule has 0 amide bonds. The standard InChI is InChI=1S/C12H10ClIN4O3/c1-6-3-15-8(7(2)10(6)18(20)21)4-17-5-16-11(13)9(14)12(17)19/h3,5H,4H2,1-2H3. The Morgan fingerprint density at radius 1 is 1.43 bits per heavy atom. The smallest absolute Gasteiger partial charge is 0.278 e. The maximum Gasteiger partial charge on any atom is 0.278 e. The molecule has 9 heteroatoms. The molecule has 0 aliphatic heterocycles. The number of aromatic nitrogens is 3. The third kappa shape index (κ3) is 3.05. The molecule has 0 aliphatic carbocycles. The molecule has 0 saturated carbocycles. The molecule has 0 fully saturated rings. The van der Waals surface area contributed by atoms with Gasteiger partial charge in [0.25, 0.3) is 11.2 Å². The molecule has 110 valence electrons. The second kappa shape index (κ2) is 6.06. The first-order valence-corrected chi connectivity index (χ1v) is 7.28. The van der Waals surface area contributed by atoms with Crippen LogP contribution in [0.1, 0.15) is 16.8 Å². The molecule has 0 aliphatic rings. The van der Waals surface area contributed by atoms with Crippen molar-refractivity contribution >= 4 is 39.9 Å². The zero-order valence-electron chi connectivity index (χ0n) is 11.1. The van der Waals surface area contributed by atoms with Crippen molar-refractivity contribution in [2.45, 2.75) is 20.4 Å². The molecule has 0 bridgehead atoms. The lowest BCUT2D eigenvalue weighted by Gasteiger charge is -2.09. The summed E-state index contributed by atoms with van der Waals surface area (Å²) >= 11 is 7.58. The first-order chi connectivity index (χ1) is 9.82. The number of nitrogens with zero attached hydrogens (tertiary/aromatic N) is 4. The molecule has 0 spiro atoms. The minimum absolute atomic E-state index is 0.0182. The molecule has 0 atom stereocenters. The van der Waals surface area contributed by atoms with Crippen molar-refractivity contribution in [3.8, 4) is 0 Å². The Morgan fingerprint density at radius 2 is 2.10 bits per heavy atom. The van der Waals surface area contributed by atoms with E-state index in [2.05, 4.69) is 9.97 Å². The van der Waals surface area contributed by atoms with Crippen LogP contribution in [0.25, 0.3) is 0 Å². The number of halogens is 2. The lowest BCUT2D eigenvalue weighted by Crippen LogP contribution is -2.24. The average molecular weight is 421 g/mol. The van der Waals surface area contributed by atoms with E-state index in [1.165, 1.54) is 17.1 Å². The molecule has 0 aromatic carbocycles. The van der Waals surface area contributed by atoms with Crippen LogP contribution >= 0.6 is 34.2 Å². The third-order valence-corrected chi connectivity index (χ3v) is 4.60. The van der Waals surface area contributed by atoms with Gasteiger partial charge in [0.05, 0.1) is 29.1 Å². The Bertz CT molecular complexity index is 791. The van der Waals surface area contributed by atoms with E-state index in [0.29, 0.717) is 20.4 Å². The number of hydrogen-bond donors (Lipinski definition) is 0. The summed E-state index contributed by atoms with van der Waals surface area (Å²) in [7, 11) is 0. The predicted molar refractivity (Wildman–Crippen MR) is 85.7 cm³/mol.